The number of ether oxygens (including phenoxy) is 1. The number of aliphatic carboxylic acids is 1. The fraction of sp³-hybridized carbons (Fsp3) is 0.250. The highest BCUT2D eigenvalue weighted by Gasteiger charge is 2.24. The van der Waals surface area contributed by atoms with Crippen molar-refractivity contribution in [3.63, 3.8) is 0 Å². The second-order valence-corrected chi connectivity index (χ2v) is 8.31. The summed E-state index contributed by atoms with van der Waals surface area (Å²) in [6.45, 7) is -0.208. The van der Waals surface area contributed by atoms with Crippen LogP contribution in [-0.2, 0) is 19.4 Å². The van der Waals surface area contributed by atoms with Gasteiger partial charge in [0.15, 0.2) is 0 Å². The SMILES string of the molecule is COCCN(CC(=O)O)C(=O)c1ccc(S(=O)(=O)c2ccccc2)s1. The second-order valence-electron chi connectivity index (χ2n) is 5.05. The molecule has 2 aromatic rings. The van der Waals surface area contributed by atoms with Crippen LogP contribution < -0.4 is 0 Å². The predicted octanol–water partition coefficient (Wildman–Crippen LogP) is 1.75. The van der Waals surface area contributed by atoms with Gasteiger partial charge in [-0.1, -0.05) is 18.2 Å². The first-order valence-electron chi connectivity index (χ1n) is 7.26. The van der Waals surface area contributed by atoms with Gasteiger partial charge in [0.25, 0.3) is 5.91 Å². The molecule has 2 rings (SSSR count). The first-order chi connectivity index (χ1) is 11.9. The van der Waals surface area contributed by atoms with Crippen molar-refractivity contribution in [1.29, 1.82) is 0 Å². The minimum Gasteiger partial charge on any atom is -0.480 e. The lowest BCUT2D eigenvalue weighted by Gasteiger charge is -2.19. The van der Waals surface area contributed by atoms with Gasteiger partial charge in [-0.05, 0) is 24.3 Å². The summed E-state index contributed by atoms with van der Waals surface area (Å²) in [5, 5.41) is 8.93. The van der Waals surface area contributed by atoms with E-state index in [1.165, 1.54) is 31.4 Å². The van der Waals surface area contributed by atoms with Crippen molar-refractivity contribution in [3.05, 3.63) is 47.3 Å². The third kappa shape index (κ3) is 4.65. The summed E-state index contributed by atoms with van der Waals surface area (Å²) in [6.07, 6.45) is 0. The van der Waals surface area contributed by atoms with Crippen molar-refractivity contribution >= 4 is 33.1 Å². The number of rotatable bonds is 8. The Kier molecular flexibility index (Phi) is 6.29. The van der Waals surface area contributed by atoms with Gasteiger partial charge in [0.1, 0.15) is 10.8 Å². The largest absolute Gasteiger partial charge is 0.480 e. The molecular formula is C16H17NO6S2. The van der Waals surface area contributed by atoms with E-state index in [0.29, 0.717) is 0 Å². The van der Waals surface area contributed by atoms with Gasteiger partial charge in [-0.2, -0.15) is 0 Å². The number of carboxylic acid groups (broad SMARTS) is 1. The lowest BCUT2D eigenvalue weighted by Crippen LogP contribution is -2.37. The van der Waals surface area contributed by atoms with E-state index in [1.54, 1.807) is 18.2 Å². The monoisotopic (exact) mass is 383 g/mol. The molecule has 0 unspecified atom stereocenters. The maximum absolute atomic E-state index is 12.6. The van der Waals surface area contributed by atoms with Crippen LogP contribution in [0.1, 0.15) is 9.67 Å². The number of carbonyl (C=O) groups excluding carboxylic acids is 1. The van der Waals surface area contributed by atoms with Crippen molar-refractivity contribution in [3.8, 4) is 0 Å². The molecule has 7 nitrogen and oxygen atoms in total. The van der Waals surface area contributed by atoms with E-state index in [1.807, 2.05) is 0 Å². The Morgan fingerprint density at radius 3 is 2.44 bits per heavy atom. The van der Waals surface area contributed by atoms with Crippen LogP contribution in [-0.4, -0.2) is 57.1 Å². The summed E-state index contributed by atoms with van der Waals surface area (Å²) in [6, 6.07) is 10.7. The molecule has 0 saturated carbocycles. The van der Waals surface area contributed by atoms with Gasteiger partial charge in [-0.25, -0.2) is 8.42 Å². The minimum absolute atomic E-state index is 0.0315. The first-order valence-corrected chi connectivity index (χ1v) is 9.56. The van der Waals surface area contributed by atoms with E-state index in [9.17, 15) is 18.0 Å². The smallest absolute Gasteiger partial charge is 0.323 e. The van der Waals surface area contributed by atoms with Crippen molar-refractivity contribution in [1.82, 2.24) is 4.90 Å². The molecule has 0 bridgehead atoms. The maximum Gasteiger partial charge on any atom is 0.323 e. The lowest BCUT2D eigenvalue weighted by molar-refractivity contribution is -0.137. The summed E-state index contributed by atoms with van der Waals surface area (Å²) < 4.78 is 30.0. The average molecular weight is 383 g/mol. The number of benzene rings is 1. The van der Waals surface area contributed by atoms with Gasteiger partial charge in [-0.3, -0.25) is 9.59 Å². The number of carbonyl (C=O) groups is 2. The lowest BCUT2D eigenvalue weighted by atomic mass is 10.3. The zero-order chi connectivity index (χ0) is 18.4. The van der Waals surface area contributed by atoms with Crippen LogP contribution in [0.2, 0.25) is 0 Å². The van der Waals surface area contributed by atoms with Crippen LogP contribution in [0.3, 0.4) is 0 Å². The van der Waals surface area contributed by atoms with Crippen LogP contribution >= 0.6 is 11.3 Å². The van der Waals surface area contributed by atoms with Crippen molar-refractivity contribution in [2.75, 3.05) is 26.8 Å². The highest BCUT2D eigenvalue weighted by atomic mass is 32.2. The molecule has 0 aliphatic heterocycles. The van der Waals surface area contributed by atoms with Crippen molar-refractivity contribution in [2.45, 2.75) is 9.10 Å². The summed E-state index contributed by atoms with van der Waals surface area (Å²) >= 11 is 0.819. The van der Waals surface area contributed by atoms with Crippen molar-refractivity contribution in [2.24, 2.45) is 0 Å². The molecule has 25 heavy (non-hydrogen) atoms. The molecule has 1 aromatic heterocycles. The Labute approximate surface area is 149 Å². The standard InChI is InChI=1S/C16H17NO6S2/c1-23-10-9-17(11-14(18)19)16(20)13-7-8-15(24-13)25(21,22)12-5-3-2-4-6-12/h2-8H,9-11H2,1H3,(H,18,19). The molecular weight excluding hydrogens is 366 g/mol. The number of thiophene rings is 1. The Morgan fingerprint density at radius 1 is 1.16 bits per heavy atom. The quantitative estimate of drug-likeness (QED) is 0.745. The maximum atomic E-state index is 12.6. The molecule has 0 atom stereocenters. The Balaban J connectivity index is 2.27. The van der Waals surface area contributed by atoms with Crippen molar-refractivity contribution < 1.29 is 27.9 Å². The minimum atomic E-state index is -3.71. The van der Waals surface area contributed by atoms with Gasteiger partial charge >= 0.3 is 5.97 Å². The molecule has 0 radical (unpaired) electrons. The number of hydrogen-bond acceptors (Lipinski definition) is 6. The van der Waals surface area contributed by atoms with Crippen LogP contribution in [0, 0.1) is 0 Å². The van der Waals surface area contributed by atoms with E-state index in [-0.39, 0.29) is 27.1 Å². The van der Waals surface area contributed by atoms with Gasteiger partial charge in [0.05, 0.1) is 16.4 Å². The summed E-state index contributed by atoms with van der Waals surface area (Å²) in [7, 11) is -2.27. The van der Waals surface area contributed by atoms with E-state index in [0.717, 1.165) is 16.2 Å². The normalized spacial score (nSPS) is 11.2. The number of nitrogens with zero attached hydrogens (tertiary/aromatic N) is 1. The molecule has 0 spiro atoms. The average Bonchev–Trinajstić information content (AvgIpc) is 3.09. The Morgan fingerprint density at radius 2 is 1.84 bits per heavy atom. The number of methoxy groups -OCH3 is 1. The molecule has 0 saturated heterocycles. The van der Waals surface area contributed by atoms with Gasteiger partial charge in [-0.15, -0.1) is 11.3 Å². The molecule has 0 aliphatic rings. The van der Waals surface area contributed by atoms with Gasteiger partial charge < -0.3 is 14.7 Å². The molecule has 1 N–H and O–H groups in total. The van der Waals surface area contributed by atoms with E-state index < -0.39 is 28.3 Å². The predicted molar refractivity (Wildman–Crippen MR) is 91.6 cm³/mol. The number of carboxylic acids is 1. The molecule has 134 valence electrons. The number of sulfone groups is 1. The molecule has 9 heteroatoms. The first kappa shape index (κ1) is 19.1. The molecule has 0 aliphatic carbocycles. The van der Waals surface area contributed by atoms with Crippen LogP contribution in [0.4, 0.5) is 0 Å². The Bertz CT molecular complexity index is 845. The third-order valence-electron chi connectivity index (χ3n) is 3.29. The third-order valence-corrected chi connectivity index (χ3v) is 6.62. The van der Waals surface area contributed by atoms with Crippen LogP contribution in [0.5, 0.6) is 0 Å². The molecule has 1 aromatic carbocycles. The highest BCUT2D eigenvalue weighted by molar-refractivity contribution is 7.93. The zero-order valence-corrected chi connectivity index (χ0v) is 15.0. The fourth-order valence-electron chi connectivity index (χ4n) is 2.07. The highest BCUT2D eigenvalue weighted by Crippen LogP contribution is 2.28. The fourth-order valence-corrected chi connectivity index (χ4v) is 4.77. The molecule has 1 amide bonds. The molecule has 1 heterocycles. The van der Waals surface area contributed by atoms with E-state index in [4.69, 9.17) is 9.84 Å². The van der Waals surface area contributed by atoms with E-state index >= 15 is 0 Å². The number of hydrogen-bond donors (Lipinski definition) is 1. The second kappa shape index (κ2) is 8.24. The van der Waals surface area contributed by atoms with Gasteiger partial charge in [0.2, 0.25) is 9.84 Å². The molecule has 0 fully saturated rings. The van der Waals surface area contributed by atoms with Crippen LogP contribution in [0.25, 0.3) is 0 Å². The summed E-state index contributed by atoms with van der Waals surface area (Å²) in [4.78, 5) is 24.8. The number of amides is 1. The van der Waals surface area contributed by atoms with Crippen LogP contribution in [0.15, 0.2) is 51.6 Å². The zero-order valence-electron chi connectivity index (χ0n) is 13.4. The van der Waals surface area contributed by atoms with E-state index in [2.05, 4.69) is 0 Å². The summed E-state index contributed by atoms with van der Waals surface area (Å²) in [5.41, 5.74) is 0. The summed E-state index contributed by atoms with van der Waals surface area (Å²) in [5.74, 6) is -1.70. The topological polar surface area (TPSA) is 101 Å². The van der Waals surface area contributed by atoms with Gasteiger partial charge in [0, 0.05) is 13.7 Å². The Hall–Kier alpha value is -2.23.